The third-order valence-corrected chi connectivity index (χ3v) is 15.1. The Kier molecular flexibility index (Phi) is 11.0. The Bertz CT molecular complexity index is 1910. The first-order chi connectivity index (χ1) is 24.3. The number of fused-ring (bicyclic) bond motifs is 1. The molecule has 3 aromatic carbocycles. The third kappa shape index (κ3) is 8.23. The number of nitrogens with one attached hydrogen (secondary N) is 2. The van der Waals surface area contributed by atoms with Crippen molar-refractivity contribution in [2.24, 2.45) is 0 Å². The molecule has 2 aromatic heterocycles. The lowest BCUT2D eigenvalue weighted by molar-refractivity contribution is -0.138. The van der Waals surface area contributed by atoms with Gasteiger partial charge in [0, 0.05) is 64.0 Å². The topological polar surface area (TPSA) is 74.1 Å². The number of rotatable bonds is 10. The Labute approximate surface area is 305 Å². The summed E-state index contributed by atoms with van der Waals surface area (Å²) in [6.07, 6.45) is -1.27. The monoisotopic (exact) mass is 778 g/mol. The number of carbonyl (C=O) groups is 1. The molecule has 0 unspecified atom stereocenters. The fourth-order valence-electron chi connectivity index (χ4n) is 6.92. The number of imidazole rings is 1. The van der Waals surface area contributed by atoms with Gasteiger partial charge in [-0.2, -0.15) is 13.2 Å². The van der Waals surface area contributed by atoms with Crippen LogP contribution in [0.15, 0.2) is 108 Å². The first-order valence-corrected chi connectivity index (χ1v) is 19.6. The molecule has 0 spiro atoms. The van der Waals surface area contributed by atoms with Gasteiger partial charge in [0.15, 0.2) is 5.65 Å². The number of anilines is 2. The van der Waals surface area contributed by atoms with Crippen LogP contribution in [0.2, 0.25) is 5.04 Å². The number of urea groups is 1. The molecule has 1 aliphatic rings. The number of alkyl halides is 3. The largest absolute Gasteiger partial charge is 0.416 e. The van der Waals surface area contributed by atoms with Gasteiger partial charge in [0.25, 0.3) is 8.32 Å². The Balaban J connectivity index is 1.07. The zero-order valence-corrected chi connectivity index (χ0v) is 31.5. The molecule has 1 fully saturated rings. The Morgan fingerprint density at radius 3 is 2.10 bits per heavy atom. The van der Waals surface area contributed by atoms with Crippen LogP contribution < -0.4 is 21.0 Å². The number of amides is 2. The first kappa shape index (κ1) is 36.8. The average molecular weight is 780 g/mol. The molecule has 2 amide bonds. The summed E-state index contributed by atoms with van der Waals surface area (Å²) in [6.45, 7) is 10.9. The second-order valence-electron chi connectivity index (χ2n) is 13.8. The molecule has 0 aliphatic carbocycles. The van der Waals surface area contributed by atoms with E-state index in [4.69, 9.17) is 4.43 Å². The molecule has 0 radical (unpaired) electrons. The summed E-state index contributed by atoms with van der Waals surface area (Å²) in [7, 11) is -2.65. The molecule has 0 saturated carbocycles. The van der Waals surface area contributed by atoms with Crippen LogP contribution >= 0.6 is 15.9 Å². The number of piperazine rings is 1. The molecule has 13 heteroatoms. The van der Waals surface area contributed by atoms with E-state index in [0.717, 1.165) is 30.3 Å². The molecule has 2 N–H and O–H groups in total. The van der Waals surface area contributed by atoms with E-state index >= 15 is 0 Å². The van der Waals surface area contributed by atoms with Gasteiger partial charge < -0.3 is 15.1 Å². The summed E-state index contributed by atoms with van der Waals surface area (Å²) in [5.41, 5.74) is 0.371. The summed E-state index contributed by atoms with van der Waals surface area (Å²) in [5, 5.41) is 7.57. The average Bonchev–Trinajstić information content (AvgIpc) is 3.61. The highest BCUT2D eigenvalue weighted by atomic mass is 79.9. The third-order valence-electron chi connectivity index (χ3n) is 9.42. The zero-order valence-electron chi connectivity index (χ0n) is 28.9. The van der Waals surface area contributed by atoms with Gasteiger partial charge >= 0.3 is 12.2 Å². The predicted molar refractivity (Wildman–Crippen MR) is 202 cm³/mol. The van der Waals surface area contributed by atoms with Crippen molar-refractivity contribution in [3.05, 3.63) is 119 Å². The zero-order chi connectivity index (χ0) is 36.2. The molecule has 1 saturated heterocycles. The van der Waals surface area contributed by atoms with Gasteiger partial charge in [-0.1, -0.05) is 87.5 Å². The Hall–Kier alpha value is -4.01. The van der Waals surface area contributed by atoms with Gasteiger partial charge in [-0.3, -0.25) is 14.2 Å². The highest BCUT2D eigenvalue weighted by molar-refractivity contribution is 9.10. The van der Waals surface area contributed by atoms with Crippen molar-refractivity contribution >= 4 is 57.7 Å². The van der Waals surface area contributed by atoms with Crippen molar-refractivity contribution in [2.45, 2.75) is 38.5 Å². The van der Waals surface area contributed by atoms with Crippen LogP contribution in [0, 0.1) is 0 Å². The summed E-state index contributed by atoms with van der Waals surface area (Å²) < 4.78 is 52.4. The van der Waals surface area contributed by atoms with E-state index in [2.05, 4.69) is 106 Å². The van der Waals surface area contributed by atoms with Crippen LogP contribution in [0.5, 0.6) is 0 Å². The highest BCUT2D eigenvalue weighted by Gasteiger charge is 2.50. The van der Waals surface area contributed by atoms with E-state index < -0.39 is 26.1 Å². The predicted octanol–water partition coefficient (Wildman–Crippen LogP) is 7.45. The van der Waals surface area contributed by atoms with Crippen molar-refractivity contribution in [3.63, 3.8) is 0 Å². The van der Waals surface area contributed by atoms with E-state index in [-0.39, 0.29) is 22.8 Å². The van der Waals surface area contributed by atoms with Gasteiger partial charge in [-0.15, -0.1) is 0 Å². The maximum Gasteiger partial charge on any atom is 0.416 e. The quantitative estimate of drug-likeness (QED) is 0.114. The fraction of sp³-hybridized carbons (Fsp3) is 0.316. The standard InChI is InChI=1S/C38H42BrF3N6O2Si/c1-37(2,3)51(30-10-6-4-7-11-30,31-12-8-5-9-13-31)50-25-24-46-20-22-47(23-21-46)27-28-14-15-29(26-32(28)38(40,41)42)44-36(49)45-33-16-17-34(39)48-19-18-43-35(33)48/h4-19,26H,20-25,27H2,1-3H3,(H2,44,45,49). The number of halogens is 4. The Morgan fingerprint density at radius 1 is 0.863 bits per heavy atom. The van der Waals surface area contributed by atoms with Crippen molar-refractivity contribution < 1.29 is 22.4 Å². The molecule has 0 bridgehead atoms. The molecule has 268 valence electrons. The van der Waals surface area contributed by atoms with Crippen LogP contribution in [-0.2, 0) is 17.1 Å². The number of pyridine rings is 1. The second kappa shape index (κ2) is 15.3. The molecule has 0 atom stereocenters. The smallest absolute Gasteiger partial charge is 0.406 e. The SMILES string of the molecule is CC(C)(C)[Si](OCCN1CCN(Cc2ccc(NC(=O)Nc3ccc(Br)n4ccnc34)cc2C(F)(F)F)CC1)(c1ccccc1)c1ccccc1. The second-order valence-corrected chi connectivity index (χ2v) is 18.9. The molecule has 1 aliphatic heterocycles. The number of benzene rings is 3. The van der Waals surface area contributed by atoms with Gasteiger partial charge in [-0.25, -0.2) is 9.78 Å². The van der Waals surface area contributed by atoms with Gasteiger partial charge in [0.2, 0.25) is 0 Å². The van der Waals surface area contributed by atoms with Crippen LogP contribution in [-0.4, -0.2) is 72.9 Å². The first-order valence-electron chi connectivity index (χ1n) is 16.9. The fourth-order valence-corrected chi connectivity index (χ4v) is 11.9. The minimum absolute atomic E-state index is 0.0470. The Morgan fingerprint density at radius 2 is 1.49 bits per heavy atom. The molecule has 6 rings (SSSR count). The number of nitrogens with zero attached hydrogens (tertiary/aromatic N) is 4. The molecule has 5 aromatic rings. The van der Waals surface area contributed by atoms with E-state index in [1.165, 1.54) is 22.5 Å². The van der Waals surface area contributed by atoms with E-state index in [9.17, 15) is 18.0 Å². The normalized spacial score (nSPS) is 14.9. The van der Waals surface area contributed by atoms with Crippen LogP contribution in [0.4, 0.5) is 29.3 Å². The summed E-state index contributed by atoms with van der Waals surface area (Å²) >= 11 is 3.42. The van der Waals surface area contributed by atoms with Crippen LogP contribution in [0.1, 0.15) is 31.9 Å². The van der Waals surface area contributed by atoms with Crippen molar-refractivity contribution in [2.75, 3.05) is 50.0 Å². The number of hydrogen-bond donors (Lipinski definition) is 2. The maximum absolute atomic E-state index is 14.3. The summed E-state index contributed by atoms with van der Waals surface area (Å²) in [4.78, 5) is 21.4. The number of carbonyl (C=O) groups excluding carboxylic acids is 1. The minimum atomic E-state index is -4.59. The van der Waals surface area contributed by atoms with E-state index in [1.807, 2.05) is 17.0 Å². The van der Waals surface area contributed by atoms with Crippen molar-refractivity contribution in [1.82, 2.24) is 19.2 Å². The van der Waals surface area contributed by atoms with E-state index in [0.29, 0.717) is 31.0 Å². The van der Waals surface area contributed by atoms with Gasteiger partial charge in [0.1, 0.15) is 0 Å². The molecular weight excluding hydrogens is 737 g/mol. The molecular formula is C38H42BrF3N6O2Si. The lowest BCUT2D eigenvalue weighted by Gasteiger charge is -2.43. The lowest BCUT2D eigenvalue weighted by Crippen LogP contribution is -2.67. The summed E-state index contributed by atoms with van der Waals surface area (Å²) in [5.74, 6) is 0. The van der Waals surface area contributed by atoms with Crippen molar-refractivity contribution in [1.29, 1.82) is 0 Å². The molecule has 8 nitrogen and oxygen atoms in total. The number of aromatic nitrogens is 2. The van der Waals surface area contributed by atoms with Gasteiger partial charge in [0.05, 0.1) is 15.9 Å². The van der Waals surface area contributed by atoms with Crippen LogP contribution in [0.3, 0.4) is 0 Å². The molecule has 3 heterocycles. The van der Waals surface area contributed by atoms with Gasteiger partial charge in [-0.05, 0) is 61.2 Å². The maximum atomic E-state index is 14.3. The lowest BCUT2D eigenvalue weighted by atomic mass is 10.0. The van der Waals surface area contributed by atoms with Crippen LogP contribution in [0.25, 0.3) is 5.65 Å². The van der Waals surface area contributed by atoms with E-state index in [1.54, 1.807) is 28.9 Å². The van der Waals surface area contributed by atoms with Crippen molar-refractivity contribution in [3.8, 4) is 0 Å². The molecule has 51 heavy (non-hydrogen) atoms. The highest BCUT2D eigenvalue weighted by Crippen LogP contribution is 2.37. The number of hydrogen-bond acceptors (Lipinski definition) is 5. The summed E-state index contributed by atoms with van der Waals surface area (Å²) in [6, 6.07) is 27.8. The minimum Gasteiger partial charge on any atom is -0.406 e.